The Balaban J connectivity index is 1.26. The molecule has 0 spiro atoms. The SMILES string of the molecule is C[C@@H](NCC(=O)NCC12CC3CC(CC(C3)C1)C2)c1ccc(F)c(F)c1. The van der Waals surface area contributed by atoms with E-state index in [0.717, 1.165) is 30.4 Å². The number of carbonyl (C=O) groups excluding carboxylic acids is 1. The largest absolute Gasteiger partial charge is 0.354 e. The van der Waals surface area contributed by atoms with Crippen molar-refractivity contribution >= 4 is 5.91 Å². The predicted molar refractivity (Wildman–Crippen MR) is 96.4 cm³/mol. The predicted octanol–water partition coefficient (Wildman–Crippen LogP) is 3.95. The van der Waals surface area contributed by atoms with Gasteiger partial charge in [0.05, 0.1) is 6.54 Å². The first-order valence-corrected chi connectivity index (χ1v) is 9.87. The van der Waals surface area contributed by atoms with Crippen LogP contribution in [-0.2, 0) is 4.79 Å². The molecule has 0 saturated heterocycles. The molecule has 3 nitrogen and oxygen atoms in total. The zero-order valence-electron chi connectivity index (χ0n) is 15.4. The average Bonchev–Trinajstić information content (AvgIpc) is 2.59. The van der Waals surface area contributed by atoms with Crippen molar-refractivity contribution in [3.8, 4) is 0 Å². The van der Waals surface area contributed by atoms with Crippen molar-refractivity contribution < 1.29 is 13.6 Å². The van der Waals surface area contributed by atoms with E-state index in [0.29, 0.717) is 11.0 Å². The van der Waals surface area contributed by atoms with E-state index in [4.69, 9.17) is 0 Å². The molecule has 0 heterocycles. The molecule has 5 rings (SSSR count). The fraction of sp³-hybridized carbons (Fsp3) is 0.667. The molecule has 4 bridgehead atoms. The van der Waals surface area contributed by atoms with Crippen molar-refractivity contribution in [1.82, 2.24) is 10.6 Å². The summed E-state index contributed by atoms with van der Waals surface area (Å²) in [5.41, 5.74) is 0.966. The third kappa shape index (κ3) is 3.64. The summed E-state index contributed by atoms with van der Waals surface area (Å²) in [6.45, 7) is 2.82. The van der Waals surface area contributed by atoms with Crippen molar-refractivity contribution in [1.29, 1.82) is 0 Å². The highest BCUT2D eigenvalue weighted by atomic mass is 19.2. The second kappa shape index (κ2) is 6.91. The molecule has 142 valence electrons. The van der Waals surface area contributed by atoms with Crippen LogP contribution in [0.2, 0.25) is 0 Å². The van der Waals surface area contributed by atoms with Crippen LogP contribution in [0.25, 0.3) is 0 Å². The molecule has 0 unspecified atom stereocenters. The van der Waals surface area contributed by atoms with Gasteiger partial charge in [0, 0.05) is 12.6 Å². The third-order valence-electron chi connectivity index (χ3n) is 6.84. The van der Waals surface area contributed by atoms with E-state index in [1.807, 2.05) is 6.92 Å². The molecular formula is C21H28F2N2O. The fourth-order valence-corrected chi connectivity index (χ4v) is 6.00. The summed E-state index contributed by atoms with van der Waals surface area (Å²) < 4.78 is 26.4. The smallest absolute Gasteiger partial charge is 0.233 e. The second-order valence-corrected chi connectivity index (χ2v) is 8.97. The molecule has 2 N–H and O–H groups in total. The van der Waals surface area contributed by atoms with Gasteiger partial charge in [-0.25, -0.2) is 8.78 Å². The van der Waals surface area contributed by atoms with Crippen LogP contribution in [-0.4, -0.2) is 19.0 Å². The zero-order chi connectivity index (χ0) is 18.3. The highest BCUT2D eigenvalue weighted by Crippen LogP contribution is 2.59. The Labute approximate surface area is 153 Å². The van der Waals surface area contributed by atoms with Crippen molar-refractivity contribution in [2.45, 2.75) is 51.5 Å². The van der Waals surface area contributed by atoms with Gasteiger partial charge in [-0.15, -0.1) is 0 Å². The van der Waals surface area contributed by atoms with E-state index in [9.17, 15) is 13.6 Å². The monoisotopic (exact) mass is 362 g/mol. The lowest BCUT2D eigenvalue weighted by Crippen LogP contribution is -2.51. The molecule has 4 fully saturated rings. The first-order valence-electron chi connectivity index (χ1n) is 9.87. The summed E-state index contributed by atoms with van der Waals surface area (Å²) in [5, 5.41) is 6.23. The summed E-state index contributed by atoms with van der Waals surface area (Å²) in [6.07, 6.45) is 8.04. The van der Waals surface area contributed by atoms with Crippen LogP contribution in [0.3, 0.4) is 0 Å². The Bertz CT molecular complexity index is 655. The van der Waals surface area contributed by atoms with Gasteiger partial charge in [-0.05, 0) is 86.3 Å². The molecule has 0 aliphatic heterocycles. The molecule has 26 heavy (non-hydrogen) atoms. The Morgan fingerprint density at radius 1 is 1.12 bits per heavy atom. The Kier molecular flexibility index (Phi) is 4.76. The van der Waals surface area contributed by atoms with Crippen LogP contribution in [0.5, 0.6) is 0 Å². The van der Waals surface area contributed by atoms with Crippen LogP contribution in [0.1, 0.15) is 57.1 Å². The molecule has 0 radical (unpaired) electrons. The molecule has 4 saturated carbocycles. The topological polar surface area (TPSA) is 41.1 Å². The standard InChI is InChI=1S/C21H28F2N2O/c1-13(17-2-3-18(22)19(23)7-17)24-11-20(26)25-12-21-8-14-4-15(9-21)6-16(5-14)10-21/h2-3,7,13-16,24H,4-6,8-12H2,1H3,(H,25,26)/t13-,14?,15?,16?,21?/m1/s1. The molecule has 5 heteroatoms. The number of rotatable bonds is 6. The average molecular weight is 362 g/mol. The number of hydrogen-bond acceptors (Lipinski definition) is 2. The minimum Gasteiger partial charge on any atom is -0.354 e. The lowest BCUT2D eigenvalue weighted by molar-refractivity contribution is -0.122. The minimum absolute atomic E-state index is 0.0184. The van der Waals surface area contributed by atoms with Crippen LogP contribution < -0.4 is 10.6 Å². The first-order chi connectivity index (χ1) is 12.4. The number of halogens is 2. The van der Waals surface area contributed by atoms with Crippen molar-refractivity contribution in [2.75, 3.05) is 13.1 Å². The first kappa shape index (κ1) is 17.9. The van der Waals surface area contributed by atoms with Gasteiger partial charge in [-0.2, -0.15) is 0 Å². The molecule has 1 atom stereocenters. The molecule has 0 aromatic heterocycles. The maximum absolute atomic E-state index is 13.3. The van der Waals surface area contributed by atoms with Crippen LogP contribution in [0, 0.1) is 34.8 Å². The fourth-order valence-electron chi connectivity index (χ4n) is 6.00. The summed E-state index contributed by atoms with van der Waals surface area (Å²) in [4.78, 5) is 12.3. The van der Waals surface area contributed by atoms with E-state index in [2.05, 4.69) is 10.6 Å². The summed E-state index contributed by atoms with van der Waals surface area (Å²) in [6, 6.07) is 3.63. The van der Waals surface area contributed by atoms with Crippen LogP contribution in [0.15, 0.2) is 18.2 Å². The highest BCUT2D eigenvalue weighted by Gasteiger charge is 2.50. The van der Waals surface area contributed by atoms with Crippen molar-refractivity contribution in [3.63, 3.8) is 0 Å². The Hall–Kier alpha value is -1.49. The maximum atomic E-state index is 13.3. The van der Waals surface area contributed by atoms with Gasteiger partial charge in [-0.3, -0.25) is 4.79 Å². The molecule has 1 aromatic carbocycles. The number of hydrogen-bond donors (Lipinski definition) is 2. The van der Waals surface area contributed by atoms with E-state index < -0.39 is 11.6 Å². The van der Waals surface area contributed by atoms with E-state index in [1.165, 1.54) is 44.6 Å². The third-order valence-corrected chi connectivity index (χ3v) is 6.84. The number of nitrogens with one attached hydrogen (secondary N) is 2. The maximum Gasteiger partial charge on any atom is 0.233 e. The van der Waals surface area contributed by atoms with Gasteiger partial charge in [0.2, 0.25) is 5.91 Å². The van der Waals surface area contributed by atoms with Gasteiger partial charge in [0.15, 0.2) is 11.6 Å². The van der Waals surface area contributed by atoms with Gasteiger partial charge in [0.1, 0.15) is 0 Å². The van der Waals surface area contributed by atoms with Gasteiger partial charge in [0.25, 0.3) is 0 Å². The number of benzene rings is 1. The molecule has 1 amide bonds. The normalized spacial score (nSPS) is 33.3. The minimum atomic E-state index is -0.859. The lowest BCUT2D eigenvalue weighted by Gasteiger charge is -2.56. The second-order valence-electron chi connectivity index (χ2n) is 8.97. The molecular weight excluding hydrogens is 334 g/mol. The molecule has 1 aromatic rings. The molecule has 4 aliphatic carbocycles. The Morgan fingerprint density at radius 2 is 1.73 bits per heavy atom. The van der Waals surface area contributed by atoms with Gasteiger partial charge in [-0.1, -0.05) is 6.07 Å². The quantitative estimate of drug-likeness (QED) is 0.805. The van der Waals surface area contributed by atoms with Crippen LogP contribution >= 0.6 is 0 Å². The lowest BCUT2D eigenvalue weighted by atomic mass is 9.49. The van der Waals surface area contributed by atoms with E-state index in [1.54, 1.807) is 6.07 Å². The van der Waals surface area contributed by atoms with Gasteiger partial charge < -0.3 is 10.6 Å². The Morgan fingerprint density at radius 3 is 2.31 bits per heavy atom. The number of amides is 1. The van der Waals surface area contributed by atoms with Gasteiger partial charge >= 0.3 is 0 Å². The van der Waals surface area contributed by atoms with E-state index >= 15 is 0 Å². The van der Waals surface area contributed by atoms with Crippen molar-refractivity contribution in [2.24, 2.45) is 23.2 Å². The summed E-state index contributed by atoms with van der Waals surface area (Å²) in [5.74, 6) is 0.908. The molecule has 4 aliphatic rings. The zero-order valence-corrected chi connectivity index (χ0v) is 15.4. The highest BCUT2D eigenvalue weighted by molar-refractivity contribution is 5.78. The van der Waals surface area contributed by atoms with Crippen molar-refractivity contribution in [3.05, 3.63) is 35.4 Å². The van der Waals surface area contributed by atoms with Crippen LogP contribution in [0.4, 0.5) is 8.78 Å². The number of carbonyl (C=O) groups is 1. The summed E-state index contributed by atoms with van der Waals surface area (Å²) >= 11 is 0. The summed E-state index contributed by atoms with van der Waals surface area (Å²) in [7, 11) is 0. The van der Waals surface area contributed by atoms with E-state index in [-0.39, 0.29) is 18.5 Å².